The Balaban J connectivity index is 1.84. The van der Waals surface area contributed by atoms with Gasteiger partial charge in [0.05, 0.1) is 11.9 Å². The summed E-state index contributed by atoms with van der Waals surface area (Å²) in [5, 5.41) is 3.20. The molecule has 0 fully saturated rings. The van der Waals surface area contributed by atoms with Gasteiger partial charge in [-0.25, -0.2) is 8.42 Å². The fourth-order valence-electron chi connectivity index (χ4n) is 4.43. The molecule has 39 heavy (non-hydrogen) atoms. The van der Waals surface area contributed by atoms with Crippen LogP contribution >= 0.6 is 11.6 Å². The van der Waals surface area contributed by atoms with Crippen LogP contribution in [0.5, 0.6) is 0 Å². The molecule has 0 radical (unpaired) electrons. The minimum Gasteiger partial charge on any atom is -0.357 e. The number of amides is 2. The molecule has 3 aromatic carbocycles. The van der Waals surface area contributed by atoms with Gasteiger partial charge < -0.3 is 10.2 Å². The lowest BCUT2D eigenvalue weighted by Gasteiger charge is -2.32. The van der Waals surface area contributed by atoms with Gasteiger partial charge in [-0.2, -0.15) is 0 Å². The summed E-state index contributed by atoms with van der Waals surface area (Å²) in [6, 6.07) is 23.4. The number of halogens is 1. The topological polar surface area (TPSA) is 86.8 Å². The molecular formula is C30H36ClN3O4S. The number of hydrogen-bond donors (Lipinski definition) is 1. The van der Waals surface area contributed by atoms with Crippen molar-refractivity contribution in [1.82, 2.24) is 10.2 Å². The van der Waals surface area contributed by atoms with Gasteiger partial charge in [-0.3, -0.25) is 13.9 Å². The fraction of sp³-hybridized carbons (Fsp3) is 0.333. The Hall–Kier alpha value is -3.36. The Bertz CT molecular complexity index is 1350. The zero-order valence-corrected chi connectivity index (χ0v) is 24.2. The maximum Gasteiger partial charge on any atom is 0.242 e. The monoisotopic (exact) mass is 569 g/mol. The van der Waals surface area contributed by atoms with Gasteiger partial charge in [0, 0.05) is 38.0 Å². The van der Waals surface area contributed by atoms with E-state index in [1.54, 1.807) is 30.1 Å². The largest absolute Gasteiger partial charge is 0.357 e. The fourth-order valence-corrected chi connectivity index (χ4v) is 5.59. The number of rotatable bonds is 13. The Labute approximate surface area is 236 Å². The van der Waals surface area contributed by atoms with Crippen LogP contribution < -0.4 is 9.62 Å². The third-order valence-corrected chi connectivity index (χ3v) is 8.16. The van der Waals surface area contributed by atoms with Crippen LogP contribution in [0.3, 0.4) is 0 Å². The number of sulfonamides is 1. The van der Waals surface area contributed by atoms with Gasteiger partial charge >= 0.3 is 0 Å². The first-order valence-corrected chi connectivity index (χ1v) is 15.2. The summed E-state index contributed by atoms with van der Waals surface area (Å²) in [6.07, 6.45) is 2.69. The van der Waals surface area contributed by atoms with Gasteiger partial charge in [-0.15, -0.1) is 0 Å². The van der Waals surface area contributed by atoms with Gasteiger partial charge in [0.15, 0.2) is 0 Å². The predicted octanol–water partition coefficient (Wildman–Crippen LogP) is 4.83. The maximum atomic E-state index is 13.7. The van der Waals surface area contributed by atoms with Crippen molar-refractivity contribution in [2.45, 2.75) is 45.2 Å². The van der Waals surface area contributed by atoms with Crippen molar-refractivity contribution < 1.29 is 18.0 Å². The van der Waals surface area contributed by atoms with Crippen LogP contribution in [0.15, 0.2) is 78.9 Å². The smallest absolute Gasteiger partial charge is 0.242 e. The molecule has 0 aliphatic carbocycles. The first-order valence-electron chi connectivity index (χ1n) is 13.0. The average molecular weight is 570 g/mol. The molecule has 0 saturated heterocycles. The van der Waals surface area contributed by atoms with Crippen molar-refractivity contribution in [1.29, 1.82) is 0 Å². The van der Waals surface area contributed by atoms with Crippen LogP contribution in [0.25, 0.3) is 0 Å². The molecule has 3 aromatic rings. The van der Waals surface area contributed by atoms with E-state index in [2.05, 4.69) is 5.32 Å². The summed E-state index contributed by atoms with van der Waals surface area (Å²) in [6.45, 7) is 2.32. The number of nitrogens with zero attached hydrogens (tertiary/aromatic N) is 2. The average Bonchev–Trinajstić information content (AvgIpc) is 2.93. The quantitative estimate of drug-likeness (QED) is 0.319. The highest BCUT2D eigenvalue weighted by atomic mass is 35.5. The van der Waals surface area contributed by atoms with Gasteiger partial charge in [-0.05, 0) is 47.7 Å². The zero-order chi connectivity index (χ0) is 28.4. The molecule has 0 saturated carbocycles. The molecular weight excluding hydrogens is 534 g/mol. The summed E-state index contributed by atoms with van der Waals surface area (Å²) in [5.74, 6) is -0.540. The molecule has 208 valence electrons. The number of nitrogens with one attached hydrogen (secondary N) is 1. The first-order chi connectivity index (χ1) is 18.6. The molecule has 7 nitrogen and oxygen atoms in total. The van der Waals surface area contributed by atoms with Gasteiger partial charge in [0.25, 0.3) is 0 Å². The summed E-state index contributed by atoms with van der Waals surface area (Å²) in [7, 11) is -2.01. The van der Waals surface area contributed by atoms with Gasteiger partial charge in [-0.1, -0.05) is 79.2 Å². The number of likely N-dealkylation sites (N-methyl/N-ethyl adjacent to an activating group) is 1. The van der Waals surface area contributed by atoms with Gasteiger partial charge in [0.2, 0.25) is 21.8 Å². The van der Waals surface area contributed by atoms with E-state index in [0.717, 1.165) is 29.4 Å². The number of carbonyl (C=O) groups is 2. The van der Waals surface area contributed by atoms with Crippen LogP contribution in [0.4, 0.5) is 5.69 Å². The molecule has 0 aliphatic rings. The Morgan fingerprint density at radius 3 is 2.15 bits per heavy atom. The normalized spacial score (nSPS) is 12.0. The number of carbonyl (C=O) groups excluding carboxylic acids is 2. The number of aryl methyl sites for hydroxylation is 1. The number of hydrogen-bond acceptors (Lipinski definition) is 4. The van der Waals surface area contributed by atoms with Crippen molar-refractivity contribution in [2.24, 2.45) is 0 Å². The Morgan fingerprint density at radius 2 is 1.56 bits per heavy atom. The highest BCUT2D eigenvalue weighted by Crippen LogP contribution is 2.23. The summed E-state index contributed by atoms with van der Waals surface area (Å²) < 4.78 is 26.5. The molecule has 0 aliphatic heterocycles. The Kier molecular flexibility index (Phi) is 10.9. The second-order valence-corrected chi connectivity index (χ2v) is 11.7. The van der Waals surface area contributed by atoms with E-state index >= 15 is 0 Å². The minimum atomic E-state index is -3.56. The van der Waals surface area contributed by atoms with E-state index in [1.807, 2.05) is 67.6 Å². The molecule has 1 atom stereocenters. The molecule has 0 heterocycles. The van der Waals surface area contributed by atoms with E-state index < -0.39 is 16.1 Å². The summed E-state index contributed by atoms with van der Waals surface area (Å²) in [4.78, 5) is 28.3. The lowest BCUT2D eigenvalue weighted by Crippen LogP contribution is -2.49. The standard InChI is InChI=1S/C30H36ClN3O4S/c1-4-23-16-18-26(19-17-23)34(39(3,37)38)20-10-15-29(35)33(22-25-13-8-9-14-27(25)31)28(30(36)32-2)21-24-11-6-5-7-12-24/h5-9,11-14,16-19,28H,4,10,15,20-22H2,1-3H3,(H,32,36)/t28-/m1/s1. The first kappa shape index (κ1) is 30.2. The lowest BCUT2D eigenvalue weighted by molar-refractivity contribution is -0.141. The van der Waals surface area contributed by atoms with Crippen molar-refractivity contribution in [3.63, 3.8) is 0 Å². The molecule has 3 rings (SSSR count). The van der Waals surface area contributed by atoms with Crippen LogP contribution in [-0.4, -0.2) is 51.0 Å². The number of benzene rings is 3. The molecule has 0 unspecified atom stereocenters. The maximum absolute atomic E-state index is 13.7. The molecule has 0 aromatic heterocycles. The van der Waals surface area contributed by atoms with Crippen molar-refractivity contribution in [3.05, 3.63) is 101 Å². The zero-order valence-electron chi connectivity index (χ0n) is 22.6. The SMILES string of the molecule is CCc1ccc(N(CCCC(=O)N(Cc2ccccc2Cl)[C@H](Cc2ccccc2)C(=O)NC)S(C)(=O)=O)cc1. The van der Waals surface area contributed by atoms with E-state index in [9.17, 15) is 18.0 Å². The molecule has 0 spiro atoms. The van der Waals surface area contributed by atoms with E-state index in [-0.39, 0.29) is 37.7 Å². The van der Waals surface area contributed by atoms with Crippen molar-refractivity contribution in [2.75, 3.05) is 24.2 Å². The summed E-state index contributed by atoms with van der Waals surface area (Å²) in [5.41, 5.74) is 3.31. The molecule has 9 heteroatoms. The molecule has 1 N–H and O–H groups in total. The highest BCUT2D eigenvalue weighted by molar-refractivity contribution is 7.92. The van der Waals surface area contributed by atoms with Crippen molar-refractivity contribution in [3.8, 4) is 0 Å². The van der Waals surface area contributed by atoms with Crippen molar-refractivity contribution >= 4 is 39.1 Å². The lowest BCUT2D eigenvalue weighted by atomic mass is 10.0. The van der Waals surface area contributed by atoms with E-state index in [4.69, 9.17) is 11.6 Å². The molecule has 0 bridgehead atoms. The van der Waals surface area contributed by atoms with Crippen LogP contribution in [0, 0.1) is 0 Å². The third-order valence-electron chi connectivity index (χ3n) is 6.60. The second kappa shape index (κ2) is 14.1. The third kappa shape index (κ3) is 8.57. The van der Waals surface area contributed by atoms with Crippen LogP contribution in [-0.2, 0) is 39.0 Å². The molecule has 2 amide bonds. The van der Waals surface area contributed by atoms with E-state index in [0.29, 0.717) is 17.1 Å². The van der Waals surface area contributed by atoms with E-state index in [1.165, 1.54) is 4.31 Å². The van der Waals surface area contributed by atoms with Crippen LogP contribution in [0.2, 0.25) is 5.02 Å². The second-order valence-electron chi connectivity index (χ2n) is 9.39. The van der Waals surface area contributed by atoms with Gasteiger partial charge in [0.1, 0.15) is 6.04 Å². The number of anilines is 1. The Morgan fingerprint density at radius 1 is 0.923 bits per heavy atom. The minimum absolute atomic E-state index is 0.0613. The summed E-state index contributed by atoms with van der Waals surface area (Å²) >= 11 is 6.42. The highest BCUT2D eigenvalue weighted by Gasteiger charge is 2.30. The van der Waals surface area contributed by atoms with Crippen LogP contribution in [0.1, 0.15) is 36.5 Å². The predicted molar refractivity (Wildman–Crippen MR) is 157 cm³/mol.